The molecule has 9 aromatic rings. The summed E-state index contributed by atoms with van der Waals surface area (Å²) in [5.74, 6) is 2.37. The lowest BCUT2D eigenvalue weighted by atomic mass is 9.85. The van der Waals surface area contributed by atoms with Gasteiger partial charge in [0, 0.05) is 108 Å². The summed E-state index contributed by atoms with van der Waals surface area (Å²) in [6, 6.07) is 17.9. The number of nitrogens with zero attached hydrogens (tertiary/aromatic N) is 12. The molecule has 8 heterocycles. The number of alkyl carbamates (subject to hydrolysis) is 2. The molecule has 3 aliphatic heterocycles. The van der Waals surface area contributed by atoms with Gasteiger partial charge in [-0.3, -0.25) is 4.79 Å². The van der Waals surface area contributed by atoms with Gasteiger partial charge >= 0.3 is 18.2 Å². The first-order chi connectivity index (χ1) is 56.4. The fourth-order valence-electron chi connectivity index (χ4n) is 14.0. The lowest BCUT2D eigenvalue weighted by Crippen LogP contribution is -2.42. The summed E-state index contributed by atoms with van der Waals surface area (Å²) in [5, 5.41) is 46.6. The maximum absolute atomic E-state index is 12.1. The highest BCUT2D eigenvalue weighted by Gasteiger charge is 2.32. The molecule has 5 N–H and O–H groups in total. The third-order valence-electron chi connectivity index (χ3n) is 19.9. The van der Waals surface area contributed by atoms with Crippen LogP contribution in [0.15, 0.2) is 92.7 Å². The van der Waals surface area contributed by atoms with Crippen LogP contribution >= 0.6 is 59.4 Å². The molecular weight excluding hydrogens is 1740 g/mol. The Kier molecular flexibility index (Phi) is 35.3. The number of amides is 2. The normalized spacial score (nSPS) is 21.6. The van der Waals surface area contributed by atoms with E-state index in [0.29, 0.717) is 76.0 Å². The predicted molar refractivity (Wildman–Crippen MR) is 454 cm³/mol. The van der Waals surface area contributed by atoms with Crippen LogP contribution in [0.3, 0.4) is 0 Å². The largest absolute Gasteiger partial charge is 0.488 e. The number of aryl methyl sites for hydroxylation is 1. The van der Waals surface area contributed by atoms with Crippen molar-refractivity contribution in [1.82, 2.24) is 61.9 Å². The number of carbonyl (C=O) groups excluding carboxylic acids is 3. The molecule has 4 saturated carbocycles. The Morgan fingerprint density at radius 2 is 0.881 bits per heavy atom. The van der Waals surface area contributed by atoms with Crippen LogP contribution in [0.5, 0.6) is 17.2 Å². The summed E-state index contributed by atoms with van der Waals surface area (Å²) in [6.45, 7) is 27.0. The van der Waals surface area contributed by atoms with E-state index in [9.17, 15) is 19.5 Å². The Morgan fingerprint density at radius 1 is 0.492 bits per heavy atom. The van der Waals surface area contributed by atoms with Crippen LogP contribution in [-0.4, -0.2) is 200 Å². The van der Waals surface area contributed by atoms with E-state index in [1.807, 2.05) is 118 Å². The maximum atomic E-state index is 12.1. The van der Waals surface area contributed by atoms with Crippen molar-refractivity contribution in [2.45, 2.75) is 257 Å². The van der Waals surface area contributed by atoms with Crippen molar-refractivity contribution in [3.63, 3.8) is 0 Å². The summed E-state index contributed by atoms with van der Waals surface area (Å²) in [6.07, 6.45) is 19.8. The number of anilines is 2. The Labute approximate surface area is 717 Å². The van der Waals surface area contributed by atoms with Crippen molar-refractivity contribution >= 4 is 133 Å². The first-order valence-electron chi connectivity index (χ1n) is 40.7. The number of esters is 1. The van der Waals surface area contributed by atoms with E-state index in [1.165, 1.54) is 19.3 Å². The highest BCUT2D eigenvalue weighted by atomic mass is 79.9. The monoisotopic (exact) mass is 1850 g/mol. The van der Waals surface area contributed by atoms with E-state index in [2.05, 4.69) is 124 Å². The lowest BCUT2D eigenvalue weighted by molar-refractivity contribution is -0.156. The minimum atomic E-state index is -0.484. The van der Waals surface area contributed by atoms with Crippen LogP contribution in [0.25, 0.3) is 44.1 Å². The van der Waals surface area contributed by atoms with Gasteiger partial charge in [0.1, 0.15) is 44.4 Å². The fraction of sp³-hybridized carbons (Fsp3) is 0.622. The second-order valence-corrected chi connectivity index (χ2v) is 36.2. The average Bonchev–Trinajstić information content (AvgIpc) is 1.58. The molecule has 0 bridgehead atoms. The lowest BCUT2D eigenvalue weighted by Gasteiger charge is -2.31. The van der Waals surface area contributed by atoms with Gasteiger partial charge in [-0.15, -0.1) is 0 Å². The zero-order valence-corrected chi connectivity index (χ0v) is 74.6. The van der Waals surface area contributed by atoms with Gasteiger partial charge in [-0.1, -0.05) is 31.9 Å². The number of aliphatic hydroxyl groups excluding tert-OH is 1. The zero-order valence-electron chi connectivity index (χ0n) is 69.0. The Hall–Kier alpha value is -7.90. The van der Waals surface area contributed by atoms with E-state index in [0.717, 1.165) is 208 Å². The Morgan fingerprint density at radius 3 is 1.29 bits per heavy atom. The molecule has 16 rings (SSSR count). The van der Waals surface area contributed by atoms with Gasteiger partial charge in [-0.05, 0) is 308 Å². The van der Waals surface area contributed by atoms with Crippen molar-refractivity contribution in [2.24, 2.45) is 11.7 Å². The Bertz CT molecular complexity index is 4540. The van der Waals surface area contributed by atoms with E-state index in [-0.39, 0.29) is 54.7 Å². The van der Waals surface area contributed by atoms with Crippen molar-refractivity contribution in [3.05, 3.63) is 85.2 Å². The number of carbonyl (C=O) groups is 3. The second-order valence-electron chi connectivity index (χ2n) is 33.1. The molecule has 4 aliphatic carbocycles. The number of morpholine rings is 2. The highest BCUT2D eigenvalue weighted by Crippen LogP contribution is 2.38. The minimum absolute atomic E-state index is 0.0749. The number of rotatable bonds is 12. The number of aliphatic hydroxyl groups is 1. The summed E-state index contributed by atoms with van der Waals surface area (Å²) < 4.78 is 72.5. The van der Waals surface area contributed by atoms with Crippen molar-refractivity contribution < 1.29 is 80.6 Å². The van der Waals surface area contributed by atoms with Gasteiger partial charge < -0.3 is 73.9 Å². The third-order valence-corrected chi connectivity index (χ3v) is 21.6. The van der Waals surface area contributed by atoms with Crippen molar-refractivity contribution in [2.75, 3.05) is 75.6 Å². The van der Waals surface area contributed by atoms with Crippen LogP contribution in [0, 0.1) is 12.8 Å². The Balaban J connectivity index is 0.000000153. The molecule has 32 nitrogen and oxygen atoms in total. The fourth-order valence-corrected chi connectivity index (χ4v) is 15.9. The topological polar surface area (TPSA) is 393 Å². The SMILES string of the molecule is Brc1cc(Br)c2nonc2c1.C1CCOCC1.CC(C)(C)OC(=O)CC1CCC(Oc2cc(N3CCOCC3)cc3nonc23)CC1.CC(C)(C)OC(=O)NC1CCC(O)CC1.CC(C)(C)OC(=O)NC1CCC(Oc2cc(Br)cc3nonc23)CC1.Cc1ccnc(Cl)n1.NC1CCC(Oc2cc(N3CCOCC3)cc3nonc23)CC1. The van der Waals surface area contributed by atoms with Crippen molar-refractivity contribution in [3.8, 4) is 17.2 Å². The zero-order chi connectivity index (χ0) is 84.4. The van der Waals surface area contributed by atoms with Crippen LogP contribution in [0.1, 0.15) is 196 Å². The molecule has 4 aromatic carbocycles. The third kappa shape index (κ3) is 31.3. The highest BCUT2D eigenvalue weighted by molar-refractivity contribution is 9.11. The number of fused-ring (bicyclic) bond motifs is 4. The summed E-state index contributed by atoms with van der Waals surface area (Å²) in [4.78, 5) is 47.4. The van der Waals surface area contributed by atoms with Crippen molar-refractivity contribution in [1.29, 1.82) is 0 Å². The molecule has 36 heteroatoms. The van der Waals surface area contributed by atoms with Crippen LogP contribution in [-0.2, 0) is 33.2 Å². The number of nitrogens with one attached hydrogen (secondary N) is 2. The number of aromatic nitrogens is 10. The van der Waals surface area contributed by atoms with Gasteiger partial charge in [0.2, 0.25) is 5.28 Å². The number of nitrogens with two attached hydrogens (primary N) is 1. The van der Waals surface area contributed by atoms with Gasteiger partial charge in [0.25, 0.3) is 0 Å². The average molecular weight is 1860 g/mol. The van der Waals surface area contributed by atoms with E-state index in [1.54, 1.807) is 12.3 Å². The number of hydrogen-bond acceptors (Lipinski definition) is 30. The molecule has 0 atom stereocenters. The molecule has 5 aromatic heterocycles. The molecule has 0 radical (unpaired) electrons. The summed E-state index contributed by atoms with van der Waals surface area (Å²) in [5.41, 5.74) is 13.2. The molecule has 7 fully saturated rings. The van der Waals surface area contributed by atoms with E-state index in [4.69, 9.17) is 73.9 Å². The smallest absolute Gasteiger partial charge is 0.407 e. The van der Waals surface area contributed by atoms with Gasteiger partial charge in [-0.25, -0.2) is 38.1 Å². The molecule has 2 amide bonds. The minimum Gasteiger partial charge on any atom is -0.488 e. The van der Waals surface area contributed by atoms with Gasteiger partial charge in [0.05, 0.1) is 55.3 Å². The van der Waals surface area contributed by atoms with Crippen LogP contribution in [0.4, 0.5) is 21.0 Å². The molecule has 118 heavy (non-hydrogen) atoms. The molecule has 0 spiro atoms. The molecule has 646 valence electrons. The standard InChI is InChI=1S/C22H31N3O5.C17H22BrN3O4.C16H22N4O3.C11H21NO3.C6H2Br2N2O.C5H5ClN2.C5H10O/c1-22(2,3)29-20(26)12-15-4-6-17(7-5-15)28-19-14-16(25-8-10-27-11-9-25)13-18-21(19)24-30-23-18;1-17(2,3)24-16(22)19-11-4-6-12(7-5-11)23-14-9-10(18)8-13-15(14)21-25-20-13;17-11-1-3-13(4-2-11)22-15-10-12(20-5-7-21-8-6-20)9-14-16(15)19-23-18-14;1-11(2,3)15-10(14)12-8-4-6-9(13)7-5-8;7-3-1-4(8)6-5(2-3)9-11-10-6;1-4-2-3-7-5(6)8-4;1-2-4-6-5-3-1/h13-15,17H,4-12H2,1-3H3;8-9,11-12H,4-7H2,1-3H3,(H,19,22);9-11,13H,1-8,17H2;8-9,13H,4-7H2,1-3H3,(H,12,14);1-2H;2-3H,1H3;1-5H2. The van der Waals surface area contributed by atoms with Gasteiger partial charge in [-0.2, -0.15) is 0 Å². The first kappa shape index (κ1) is 92.4. The number of ether oxygens (including phenoxy) is 9. The summed E-state index contributed by atoms with van der Waals surface area (Å²) >= 11 is 15.5. The summed E-state index contributed by atoms with van der Waals surface area (Å²) in [7, 11) is 0. The molecule has 7 aliphatic rings. The molecule has 3 saturated heterocycles. The quantitative estimate of drug-likeness (QED) is 0.0501. The molecule has 0 unspecified atom stereocenters. The van der Waals surface area contributed by atoms with Gasteiger partial charge in [0.15, 0.2) is 33.8 Å². The second kappa shape index (κ2) is 45.1. The number of benzene rings is 4. The first-order valence-corrected chi connectivity index (χ1v) is 43.5. The number of hydrogen-bond donors (Lipinski definition) is 4. The molecular formula is C82H113Br3ClN15O17. The van der Waals surface area contributed by atoms with E-state index >= 15 is 0 Å². The number of halogens is 4. The predicted octanol–water partition coefficient (Wildman–Crippen LogP) is 16.8. The maximum Gasteiger partial charge on any atom is 0.407 e. The van der Waals surface area contributed by atoms with Crippen LogP contribution < -0.4 is 40.4 Å². The van der Waals surface area contributed by atoms with Crippen LogP contribution in [0.2, 0.25) is 5.28 Å². The van der Waals surface area contributed by atoms with E-state index < -0.39 is 16.8 Å².